The molecule has 0 atom stereocenters. The van der Waals surface area contributed by atoms with Gasteiger partial charge in [-0.15, -0.1) is 0 Å². The lowest BCUT2D eigenvalue weighted by Crippen LogP contribution is -2.33. The van der Waals surface area contributed by atoms with E-state index in [1.165, 1.54) is 6.20 Å². The molecule has 0 amide bonds. The molecule has 0 aliphatic heterocycles. The molecule has 4 N–H and O–H groups in total. The van der Waals surface area contributed by atoms with Crippen LogP contribution < -0.4 is 16.4 Å². The summed E-state index contributed by atoms with van der Waals surface area (Å²) in [6.45, 7) is 21.0. The van der Waals surface area contributed by atoms with Crippen molar-refractivity contribution in [3.05, 3.63) is 37.0 Å². The molecule has 6 nitrogen and oxygen atoms in total. The van der Waals surface area contributed by atoms with Crippen LogP contribution in [0.1, 0.15) is 59.8 Å². The third kappa shape index (κ3) is 16.6. The number of ketones is 1. The van der Waals surface area contributed by atoms with Crippen molar-refractivity contribution in [3.63, 3.8) is 0 Å². The van der Waals surface area contributed by atoms with Gasteiger partial charge in [-0.2, -0.15) is 0 Å². The summed E-state index contributed by atoms with van der Waals surface area (Å²) in [6.07, 6.45) is 9.53. The van der Waals surface area contributed by atoms with E-state index in [-0.39, 0.29) is 11.2 Å². The molecule has 0 aliphatic rings. The number of nitrogens with two attached hydrogens (primary N) is 1. The van der Waals surface area contributed by atoms with Gasteiger partial charge in [-0.25, -0.2) is 4.99 Å². The number of Topliss-reactive ketones (excluding diaryl/α,β-unsaturated/α-hetero) is 1. The fraction of sp³-hybridized carbons (Fsp3) is 0.652. The molecule has 29 heavy (non-hydrogen) atoms. The standard InChI is InChI=1S/C23H43N5O/c1-7-15-28(17-14-27-22(4)26-13-10-11-24)16-9-8-12-25-20(2)18-23(5,6)19-21(3)29/h10-11,13,25,27H,2,4,7-9,12,14-19,24H2,1,3,5-6H3/b11-10-,26-13-. The Balaban J connectivity index is 4.03. The summed E-state index contributed by atoms with van der Waals surface area (Å²) in [6, 6.07) is 0. The van der Waals surface area contributed by atoms with Crippen LogP contribution in [-0.4, -0.2) is 49.6 Å². The van der Waals surface area contributed by atoms with Crippen molar-refractivity contribution in [2.24, 2.45) is 16.1 Å². The summed E-state index contributed by atoms with van der Waals surface area (Å²) >= 11 is 0. The molecular formula is C23H43N5O. The van der Waals surface area contributed by atoms with Gasteiger partial charge in [-0.3, -0.25) is 0 Å². The highest BCUT2D eigenvalue weighted by Gasteiger charge is 2.20. The molecule has 0 bridgehead atoms. The first kappa shape index (κ1) is 26.9. The average molecular weight is 406 g/mol. The largest absolute Gasteiger partial charge is 0.405 e. The second-order valence-electron chi connectivity index (χ2n) is 8.34. The van der Waals surface area contributed by atoms with Gasteiger partial charge in [0, 0.05) is 38.0 Å². The number of unbranched alkanes of at least 4 members (excludes halogenated alkanes) is 1. The molecule has 0 rings (SSSR count). The Kier molecular flexibility index (Phi) is 14.7. The second kappa shape index (κ2) is 15.8. The van der Waals surface area contributed by atoms with Crippen molar-refractivity contribution in [1.82, 2.24) is 15.5 Å². The predicted octanol–water partition coefficient (Wildman–Crippen LogP) is 3.58. The van der Waals surface area contributed by atoms with Crippen molar-refractivity contribution >= 4 is 12.0 Å². The Bertz CT molecular complexity index is 551. The minimum absolute atomic E-state index is 0.0322. The van der Waals surface area contributed by atoms with Crippen molar-refractivity contribution in [2.45, 2.75) is 59.8 Å². The van der Waals surface area contributed by atoms with Gasteiger partial charge in [0.2, 0.25) is 0 Å². The normalized spacial score (nSPS) is 12.0. The first-order valence-electron chi connectivity index (χ1n) is 10.7. The Morgan fingerprint density at radius 3 is 2.45 bits per heavy atom. The topological polar surface area (TPSA) is 82.8 Å². The van der Waals surface area contributed by atoms with E-state index in [1.807, 2.05) is 0 Å². The summed E-state index contributed by atoms with van der Waals surface area (Å²) in [5.41, 5.74) is 6.26. The molecule has 0 aromatic carbocycles. The Morgan fingerprint density at radius 1 is 1.10 bits per heavy atom. The molecule has 0 heterocycles. The van der Waals surface area contributed by atoms with Crippen molar-refractivity contribution in [2.75, 3.05) is 32.7 Å². The zero-order chi connectivity index (χ0) is 22.1. The summed E-state index contributed by atoms with van der Waals surface area (Å²) < 4.78 is 0. The SMILES string of the molecule is C=C(CC(C)(C)CC(C)=O)NCCCCN(CCC)CCNC(=C)/N=C\C=C/N. The van der Waals surface area contributed by atoms with Gasteiger partial charge in [-0.1, -0.05) is 33.9 Å². The van der Waals surface area contributed by atoms with Crippen LogP contribution >= 0.6 is 0 Å². The Labute approximate surface area is 178 Å². The maximum atomic E-state index is 11.4. The molecule has 6 heteroatoms. The minimum Gasteiger partial charge on any atom is -0.405 e. The van der Waals surface area contributed by atoms with Crippen LogP contribution in [-0.2, 0) is 4.79 Å². The monoisotopic (exact) mass is 405 g/mol. The highest BCUT2D eigenvalue weighted by molar-refractivity contribution is 5.76. The molecule has 0 aromatic heterocycles. The zero-order valence-corrected chi connectivity index (χ0v) is 19.1. The minimum atomic E-state index is -0.0322. The number of hydrogen-bond donors (Lipinski definition) is 3. The van der Waals surface area contributed by atoms with Gasteiger partial charge >= 0.3 is 0 Å². The average Bonchev–Trinajstić information content (AvgIpc) is 2.59. The summed E-state index contributed by atoms with van der Waals surface area (Å²) in [5, 5.41) is 6.65. The van der Waals surface area contributed by atoms with Gasteiger partial charge in [0.15, 0.2) is 0 Å². The van der Waals surface area contributed by atoms with Crippen molar-refractivity contribution in [3.8, 4) is 0 Å². The lowest BCUT2D eigenvalue weighted by Gasteiger charge is -2.25. The first-order valence-corrected chi connectivity index (χ1v) is 10.7. The fourth-order valence-corrected chi connectivity index (χ4v) is 3.34. The van der Waals surface area contributed by atoms with E-state index in [0.29, 0.717) is 12.2 Å². The van der Waals surface area contributed by atoms with Crippen LogP contribution in [0.15, 0.2) is 41.9 Å². The van der Waals surface area contributed by atoms with E-state index in [0.717, 1.165) is 64.1 Å². The van der Waals surface area contributed by atoms with E-state index in [4.69, 9.17) is 5.73 Å². The second-order valence-corrected chi connectivity index (χ2v) is 8.34. The van der Waals surface area contributed by atoms with Gasteiger partial charge in [0.25, 0.3) is 0 Å². The van der Waals surface area contributed by atoms with Crippen LogP contribution in [0.4, 0.5) is 0 Å². The number of rotatable bonds is 18. The number of allylic oxidation sites excluding steroid dienone is 2. The first-order chi connectivity index (χ1) is 13.7. The summed E-state index contributed by atoms with van der Waals surface area (Å²) in [5.74, 6) is 0.881. The molecule has 166 valence electrons. The molecule has 0 spiro atoms. The summed E-state index contributed by atoms with van der Waals surface area (Å²) in [7, 11) is 0. The molecule has 0 saturated carbocycles. The van der Waals surface area contributed by atoms with Crippen LogP contribution in [0, 0.1) is 5.41 Å². The molecule has 0 aromatic rings. The highest BCUT2D eigenvalue weighted by Crippen LogP contribution is 2.27. The lowest BCUT2D eigenvalue weighted by atomic mass is 9.83. The predicted molar refractivity (Wildman–Crippen MR) is 126 cm³/mol. The number of nitrogens with one attached hydrogen (secondary N) is 2. The Morgan fingerprint density at radius 2 is 1.83 bits per heavy atom. The lowest BCUT2D eigenvalue weighted by molar-refractivity contribution is -0.118. The molecule has 0 radical (unpaired) electrons. The fourth-order valence-electron chi connectivity index (χ4n) is 3.34. The smallest absolute Gasteiger partial charge is 0.130 e. The van der Waals surface area contributed by atoms with Crippen LogP contribution in [0.25, 0.3) is 0 Å². The quantitative estimate of drug-likeness (QED) is 0.240. The molecule has 0 fully saturated rings. The van der Waals surface area contributed by atoms with Crippen LogP contribution in [0.2, 0.25) is 0 Å². The zero-order valence-electron chi connectivity index (χ0n) is 19.1. The van der Waals surface area contributed by atoms with E-state index in [2.05, 4.69) is 54.5 Å². The van der Waals surface area contributed by atoms with Gasteiger partial charge in [0.05, 0.1) is 0 Å². The third-order valence-corrected chi connectivity index (χ3v) is 4.42. The summed E-state index contributed by atoms with van der Waals surface area (Å²) in [4.78, 5) is 18.0. The maximum absolute atomic E-state index is 11.4. The highest BCUT2D eigenvalue weighted by atomic mass is 16.1. The number of carbonyl (C=O) groups excluding carboxylic acids is 1. The number of nitrogens with zero attached hydrogens (tertiary/aromatic N) is 2. The van der Waals surface area contributed by atoms with Crippen molar-refractivity contribution in [1.29, 1.82) is 0 Å². The van der Waals surface area contributed by atoms with Gasteiger partial charge in [-0.05, 0) is 63.4 Å². The van der Waals surface area contributed by atoms with Crippen LogP contribution in [0.5, 0.6) is 0 Å². The molecule has 0 saturated heterocycles. The molecular weight excluding hydrogens is 362 g/mol. The van der Waals surface area contributed by atoms with E-state index >= 15 is 0 Å². The van der Waals surface area contributed by atoms with E-state index < -0.39 is 0 Å². The third-order valence-electron chi connectivity index (χ3n) is 4.42. The molecule has 0 aliphatic carbocycles. The van der Waals surface area contributed by atoms with Gasteiger partial charge in [0.1, 0.15) is 11.6 Å². The van der Waals surface area contributed by atoms with E-state index in [9.17, 15) is 4.79 Å². The Hall–Kier alpha value is -2.08. The van der Waals surface area contributed by atoms with E-state index in [1.54, 1.807) is 19.2 Å². The number of hydrogen-bond acceptors (Lipinski definition) is 6. The number of aliphatic imine (C=N–C) groups is 1. The molecule has 0 unspecified atom stereocenters. The number of carbonyl (C=O) groups is 1. The van der Waals surface area contributed by atoms with Crippen LogP contribution in [0.3, 0.4) is 0 Å². The van der Waals surface area contributed by atoms with Gasteiger partial charge < -0.3 is 26.1 Å². The van der Waals surface area contributed by atoms with Crippen molar-refractivity contribution < 1.29 is 4.79 Å². The maximum Gasteiger partial charge on any atom is 0.130 e.